The zero-order valence-electron chi connectivity index (χ0n) is 21.2. The summed E-state index contributed by atoms with van der Waals surface area (Å²) in [5.41, 5.74) is 32.1. The molecule has 0 bridgehead atoms. The van der Waals surface area contributed by atoms with Crippen molar-refractivity contribution in [3.63, 3.8) is 0 Å². The number of nitrogens with two attached hydrogens (primary N) is 6. The van der Waals surface area contributed by atoms with E-state index in [9.17, 15) is 33.9 Å². The van der Waals surface area contributed by atoms with E-state index in [1.54, 1.807) is 0 Å². The van der Waals surface area contributed by atoms with Crippen molar-refractivity contribution < 1.29 is 33.9 Å². The van der Waals surface area contributed by atoms with Crippen molar-refractivity contribution in [2.75, 3.05) is 13.1 Å². The minimum atomic E-state index is -1.61. The highest BCUT2D eigenvalue weighted by Crippen LogP contribution is 2.06. The Bertz CT molecular complexity index is 863. The van der Waals surface area contributed by atoms with E-state index < -0.39 is 66.1 Å². The number of hydrogen-bond acceptors (Lipinski definition) is 9. The third-order valence-corrected chi connectivity index (χ3v) is 5.22. The summed E-state index contributed by atoms with van der Waals surface area (Å²) >= 11 is 0. The summed E-state index contributed by atoms with van der Waals surface area (Å²) in [4.78, 5) is 76.0. The number of carboxylic acids is 1. The molecule has 0 aromatic heterocycles. The Morgan fingerprint density at radius 2 is 1.26 bits per heavy atom. The van der Waals surface area contributed by atoms with Crippen LogP contribution < -0.4 is 50.4 Å². The Hall–Kier alpha value is -3.99. The van der Waals surface area contributed by atoms with Gasteiger partial charge in [-0.2, -0.15) is 0 Å². The Labute approximate surface area is 219 Å². The van der Waals surface area contributed by atoms with E-state index >= 15 is 0 Å². The van der Waals surface area contributed by atoms with Crippen molar-refractivity contribution in [1.29, 1.82) is 0 Å². The normalized spacial score (nSPS) is 13.7. The van der Waals surface area contributed by atoms with E-state index in [0.29, 0.717) is 25.8 Å². The van der Waals surface area contributed by atoms with Gasteiger partial charge in [0.2, 0.25) is 29.5 Å². The smallest absolute Gasteiger partial charge is 0.326 e. The molecule has 0 radical (unpaired) electrons. The lowest BCUT2D eigenvalue weighted by atomic mass is 10.0. The van der Waals surface area contributed by atoms with Gasteiger partial charge in [-0.3, -0.25) is 29.0 Å². The number of hydrogen-bond donors (Lipinski definition) is 10. The van der Waals surface area contributed by atoms with Crippen LogP contribution in [0.4, 0.5) is 0 Å². The fourth-order valence-electron chi connectivity index (χ4n) is 3.19. The standard InChI is InChI=1S/C21H40N10O7/c22-8-2-1-5-12(18(35)31-14(20(37)38)10-16(25)33)30-19(36)13(6-7-15(24)32)29-17(34)11(23)4-3-9-28-21(26)27/h11-14H,1-10,22-23H2,(H2,24,32)(H2,25,33)(H,29,34)(H,30,36)(H,31,35)(H,37,38)(H4,26,27,28). The molecule has 0 saturated carbocycles. The summed E-state index contributed by atoms with van der Waals surface area (Å²) in [6.45, 7) is 0.543. The molecule has 0 heterocycles. The molecule has 16 N–H and O–H groups in total. The summed E-state index contributed by atoms with van der Waals surface area (Å²) in [5.74, 6) is -5.71. The number of amides is 5. The van der Waals surface area contributed by atoms with Gasteiger partial charge in [0.05, 0.1) is 12.5 Å². The Morgan fingerprint density at radius 1 is 0.711 bits per heavy atom. The number of aliphatic imine (C=N–C) groups is 1. The molecule has 0 aliphatic heterocycles. The quantitative estimate of drug-likeness (QED) is 0.0393. The van der Waals surface area contributed by atoms with Crippen LogP contribution in [0.15, 0.2) is 4.99 Å². The fourth-order valence-corrected chi connectivity index (χ4v) is 3.19. The predicted molar refractivity (Wildman–Crippen MR) is 136 cm³/mol. The first-order valence-corrected chi connectivity index (χ1v) is 12.0. The van der Waals surface area contributed by atoms with Crippen LogP contribution in [-0.4, -0.2) is 83.8 Å². The number of nitrogens with zero attached hydrogens (tertiary/aromatic N) is 1. The molecule has 4 unspecified atom stereocenters. The zero-order valence-corrected chi connectivity index (χ0v) is 21.2. The maximum Gasteiger partial charge on any atom is 0.326 e. The average molecular weight is 545 g/mol. The first kappa shape index (κ1) is 34.0. The van der Waals surface area contributed by atoms with Crippen LogP contribution in [0, 0.1) is 0 Å². The van der Waals surface area contributed by atoms with Crippen LogP contribution in [0.1, 0.15) is 51.4 Å². The number of carbonyl (C=O) groups excluding carboxylic acids is 5. The molecule has 17 nitrogen and oxygen atoms in total. The number of carbonyl (C=O) groups is 6. The summed E-state index contributed by atoms with van der Waals surface area (Å²) in [6.07, 6.45) is 0.409. The van der Waals surface area contributed by atoms with Gasteiger partial charge >= 0.3 is 5.97 Å². The second-order valence-electron chi connectivity index (χ2n) is 8.54. The molecule has 0 aliphatic carbocycles. The summed E-state index contributed by atoms with van der Waals surface area (Å²) in [5, 5.41) is 16.3. The van der Waals surface area contributed by atoms with Crippen LogP contribution in [0.3, 0.4) is 0 Å². The number of carboxylic acid groups (broad SMARTS) is 1. The summed E-state index contributed by atoms with van der Waals surface area (Å²) in [6, 6.07) is -5.17. The van der Waals surface area contributed by atoms with Crippen LogP contribution in [0.5, 0.6) is 0 Å². The van der Waals surface area contributed by atoms with Crippen molar-refractivity contribution in [3.05, 3.63) is 0 Å². The predicted octanol–water partition coefficient (Wildman–Crippen LogP) is -4.82. The SMILES string of the molecule is NCCCCC(NC(=O)C(CCC(N)=O)NC(=O)C(N)CCCN=C(N)N)C(=O)NC(CC(N)=O)C(=O)O. The maximum absolute atomic E-state index is 13.0. The van der Waals surface area contributed by atoms with E-state index in [1.807, 2.05) is 0 Å². The molecule has 0 saturated heterocycles. The monoisotopic (exact) mass is 544 g/mol. The minimum Gasteiger partial charge on any atom is -0.480 e. The Morgan fingerprint density at radius 3 is 1.76 bits per heavy atom. The van der Waals surface area contributed by atoms with Gasteiger partial charge in [-0.15, -0.1) is 0 Å². The zero-order chi connectivity index (χ0) is 29.3. The first-order valence-electron chi connectivity index (χ1n) is 12.0. The molecular formula is C21H40N10O7. The Balaban J connectivity index is 5.53. The molecule has 216 valence electrons. The van der Waals surface area contributed by atoms with Gasteiger partial charge in [0.25, 0.3) is 0 Å². The molecule has 5 amide bonds. The lowest BCUT2D eigenvalue weighted by Crippen LogP contribution is -2.57. The van der Waals surface area contributed by atoms with E-state index in [1.165, 1.54) is 0 Å². The highest BCUT2D eigenvalue weighted by molar-refractivity contribution is 5.95. The minimum absolute atomic E-state index is 0.0679. The largest absolute Gasteiger partial charge is 0.480 e. The van der Waals surface area contributed by atoms with Gasteiger partial charge in [0.1, 0.15) is 18.1 Å². The molecule has 17 heteroatoms. The summed E-state index contributed by atoms with van der Waals surface area (Å²) < 4.78 is 0. The van der Waals surface area contributed by atoms with Crippen LogP contribution in [0.25, 0.3) is 0 Å². The lowest BCUT2D eigenvalue weighted by molar-refractivity contribution is -0.143. The number of rotatable bonds is 20. The van der Waals surface area contributed by atoms with Gasteiger partial charge in [0.15, 0.2) is 5.96 Å². The molecule has 0 aliphatic rings. The molecular weight excluding hydrogens is 504 g/mol. The second-order valence-corrected chi connectivity index (χ2v) is 8.54. The van der Waals surface area contributed by atoms with E-state index in [2.05, 4.69) is 20.9 Å². The lowest BCUT2D eigenvalue weighted by Gasteiger charge is -2.25. The van der Waals surface area contributed by atoms with Crippen molar-refractivity contribution in [2.45, 2.75) is 75.5 Å². The van der Waals surface area contributed by atoms with Crippen molar-refractivity contribution >= 4 is 41.5 Å². The third kappa shape index (κ3) is 15.2. The fraction of sp³-hybridized carbons (Fsp3) is 0.667. The molecule has 0 aromatic carbocycles. The second kappa shape index (κ2) is 18.3. The number of nitrogens with one attached hydrogen (secondary N) is 3. The van der Waals surface area contributed by atoms with E-state index in [4.69, 9.17) is 34.4 Å². The van der Waals surface area contributed by atoms with Crippen LogP contribution >= 0.6 is 0 Å². The van der Waals surface area contributed by atoms with Gasteiger partial charge in [-0.25, -0.2) is 4.79 Å². The molecule has 0 spiro atoms. The number of guanidine groups is 1. The summed E-state index contributed by atoms with van der Waals surface area (Å²) in [7, 11) is 0. The molecule has 0 fully saturated rings. The third-order valence-electron chi connectivity index (χ3n) is 5.22. The van der Waals surface area contributed by atoms with Crippen LogP contribution in [-0.2, 0) is 28.8 Å². The molecule has 0 aromatic rings. The highest BCUT2D eigenvalue weighted by Gasteiger charge is 2.30. The van der Waals surface area contributed by atoms with Crippen molar-refractivity contribution in [3.8, 4) is 0 Å². The Kier molecular flexibility index (Phi) is 16.4. The topological polar surface area (TPSA) is 327 Å². The molecule has 4 atom stereocenters. The van der Waals surface area contributed by atoms with Gasteiger partial charge in [-0.05, 0) is 45.1 Å². The van der Waals surface area contributed by atoms with Crippen LogP contribution in [0.2, 0.25) is 0 Å². The van der Waals surface area contributed by atoms with Gasteiger partial charge in [0, 0.05) is 13.0 Å². The molecule has 0 rings (SSSR count). The average Bonchev–Trinajstić information content (AvgIpc) is 2.82. The molecule has 38 heavy (non-hydrogen) atoms. The van der Waals surface area contributed by atoms with Gasteiger partial charge < -0.3 is 55.5 Å². The first-order chi connectivity index (χ1) is 17.8. The maximum atomic E-state index is 13.0. The van der Waals surface area contributed by atoms with Crippen molar-refractivity contribution in [2.24, 2.45) is 39.4 Å². The van der Waals surface area contributed by atoms with E-state index in [-0.39, 0.29) is 38.2 Å². The van der Waals surface area contributed by atoms with Crippen molar-refractivity contribution in [1.82, 2.24) is 16.0 Å². The number of aliphatic carboxylic acids is 1. The van der Waals surface area contributed by atoms with Gasteiger partial charge in [-0.1, -0.05) is 0 Å². The number of primary amides is 2. The van der Waals surface area contributed by atoms with E-state index in [0.717, 1.165) is 0 Å². The highest BCUT2D eigenvalue weighted by atomic mass is 16.4. The number of unbranched alkanes of at least 4 members (excludes halogenated alkanes) is 1.